The van der Waals surface area contributed by atoms with Crippen molar-refractivity contribution in [3.63, 3.8) is 0 Å². The highest BCUT2D eigenvalue weighted by atomic mass is 32.2. The first-order valence-corrected chi connectivity index (χ1v) is 12.1. The van der Waals surface area contributed by atoms with Crippen molar-refractivity contribution in [3.05, 3.63) is 34.3 Å². The van der Waals surface area contributed by atoms with E-state index in [1.54, 1.807) is 6.20 Å². The summed E-state index contributed by atoms with van der Waals surface area (Å²) in [6.45, 7) is 1.28. The van der Waals surface area contributed by atoms with Gasteiger partial charge in [-0.15, -0.1) is 0 Å². The Hall–Kier alpha value is -2.39. The van der Waals surface area contributed by atoms with Crippen LogP contribution in [0.2, 0.25) is 0 Å². The Kier molecular flexibility index (Phi) is 5.26. The quantitative estimate of drug-likeness (QED) is 0.583. The van der Waals surface area contributed by atoms with Crippen LogP contribution in [0, 0.1) is 5.82 Å². The van der Waals surface area contributed by atoms with Crippen LogP contribution in [0.25, 0.3) is 0 Å². The second-order valence-electron chi connectivity index (χ2n) is 8.62. The highest BCUT2D eigenvalue weighted by Crippen LogP contribution is 2.41. The summed E-state index contributed by atoms with van der Waals surface area (Å²) in [5.41, 5.74) is 4.24. The summed E-state index contributed by atoms with van der Waals surface area (Å²) in [7, 11) is 3.07. The molecular weight excluding hydrogens is 417 g/mol. The predicted octanol–water partition coefficient (Wildman–Crippen LogP) is 3.15. The van der Waals surface area contributed by atoms with E-state index in [-0.39, 0.29) is 11.9 Å². The number of likely N-dealkylation sites (N-methyl/N-ethyl adjacent to an activating group) is 1. The molecule has 2 amide bonds. The number of nitrogens with one attached hydrogen (secondary N) is 1. The summed E-state index contributed by atoms with van der Waals surface area (Å²) in [5.74, 6) is 4.67. The van der Waals surface area contributed by atoms with E-state index in [1.165, 1.54) is 0 Å². The number of hydrogen-bond donors (Lipinski definition) is 1. The molecule has 1 aromatic heterocycles. The maximum Gasteiger partial charge on any atom is 0.319 e. The van der Waals surface area contributed by atoms with Gasteiger partial charge in [0.25, 0.3) is 0 Å². The SMILES string of the molecule is C=[S-](=NC(=O)Nc1c2c(c(F)c3c1CCC3)CCC2)c1cnn2c1OCC(N(C)C)C2. The van der Waals surface area contributed by atoms with Crippen molar-refractivity contribution >= 4 is 27.9 Å². The number of benzene rings is 1. The average molecular weight is 445 g/mol. The molecule has 5 rings (SSSR count). The second kappa shape index (κ2) is 7.94. The van der Waals surface area contributed by atoms with Gasteiger partial charge in [0.2, 0.25) is 0 Å². The third-order valence-corrected chi connectivity index (χ3v) is 7.71. The molecule has 0 fully saturated rings. The molecule has 1 aliphatic heterocycles. The molecule has 0 radical (unpaired) electrons. The van der Waals surface area contributed by atoms with E-state index in [4.69, 9.17) is 4.74 Å². The maximum absolute atomic E-state index is 14.9. The lowest BCUT2D eigenvalue weighted by Gasteiger charge is -2.30. The van der Waals surface area contributed by atoms with E-state index >= 15 is 0 Å². The topological polar surface area (TPSA) is 71.8 Å². The number of hydrogen-bond acceptors (Lipinski definition) is 5. The lowest BCUT2D eigenvalue weighted by Crippen LogP contribution is -2.41. The van der Waals surface area contributed by atoms with Gasteiger partial charge in [0.05, 0.1) is 12.6 Å². The van der Waals surface area contributed by atoms with Crippen LogP contribution in [0.5, 0.6) is 5.88 Å². The number of aromatic nitrogens is 2. The largest absolute Gasteiger partial charge is 0.477 e. The van der Waals surface area contributed by atoms with Gasteiger partial charge in [0.15, 0.2) is 5.88 Å². The Morgan fingerprint density at radius 2 is 1.90 bits per heavy atom. The Labute approximate surface area is 183 Å². The number of ether oxygens (including phenoxy) is 1. The average Bonchev–Trinajstić information content (AvgIpc) is 3.49. The number of amides is 2. The fourth-order valence-electron chi connectivity index (χ4n) is 4.85. The molecule has 1 aromatic carbocycles. The van der Waals surface area contributed by atoms with Gasteiger partial charge in [0, 0.05) is 11.9 Å². The molecule has 0 saturated carbocycles. The minimum absolute atomic E-state index is 0.0495. The van der Waals surface area contributed by atoms with Crippen molar-refractivity contribution in [3.8, 4) is 5.88 Å². The normalized spacial score (nSPS) is 20.3. The summed E-state index contributed by atoms with van der Waals surface area (Å²) in [5, 5.41) is 7.39. The molecule has 2 aliphatic carbocycles. The van der Waals surface area contributed by atoms with Crippen molar-refractivity contribution in [1.29, 1.82) is 0 Å². The first-order valence-electron chi connectivity index (χ1n) is 10.7. The van der Waals surface area contributed by atoms with E-state index in [1.807, 2.05) is 18.8 Å². The molecule has 166 valence electrons. The highest BCUT2D eigenvalue weighted by molar-refractivity contribution is 7.85. The molecule has 31 heavy (non-hydrogen) atoms. The summed E-state index contributed by atoms with van der Waals surface area (Å²) in [4.78, 5) is 15.7. The Morgan fingerprint density at radius 1 is 1.26 bits per heavy atom. The first-order chi connectivity index (χ1) is 14.9. The standard InChI is InChI=1S/C22H27FN5O2S/c1-27(2)13-11-28-21(30-12-13)18(10-24-28)31(3)26-22(29)25-20-16-8-4-6-14(16)19(23)15-7-5-9-17(15)20/h10,13H,3-9,11-12H2,1-2H3,(H,25,29)/q-1. The Morgan fingerprint density at radius 3 is 2.55 bits per heavy atom. The third-order valence-electron chi connectivity index (χ3n) is 6.53. The van der Waals surface area contributed by atoms with Gasteiger partial charge < -0.3 is 29.6 Å². The lowest BCUT2D eigenvalue weighted by molar-refractivity contribution is 0.117. The molecule has 7 nitrogen and oxygen atoms in total. The maximum atomic E-state index is 14.9. The number of fused-ring (bicyclic) bond motifs is 3. The third kappa shape index (κ3) is 3.53. The molecule has 0 saturated heterocycles. The molecule has 0 bridgehead atoms. The highest BCUT2D eigenvalue weighted by Gasteiger charge is 2.29. The smallest absolute Gasteiger partial charge is 0.319 e. The van der Waals surface area contributed by atoms with Crippen LogP contribution in [0.15, 0.2) is 15.5 Å². The van der Waals surface area contributed by atoms with Crippen molar-refractivity contribution in [1.82, 2.24) is 14.7 Å². The van der Waals surface area contributed by atoms with E-state index in [2.05, 4.69) is 25.5 Å². The van der Waals surface area contributed by atoms with E-state index < -0.39 is 16.3 Å². The summed E-state index contributed by atoms with van der Waals surface area (Å²) in [6, 6.07) is -0.204. The number of carbonyl (C=O) groups is 1. The molecule has 2 aromatic rings. The second-order valence-corrected chi connectivity index (χ2v) is 9.97. The minimum atomic E-state index is -0.951. The van der Waals surface area contributed by atoms with Gasteiger partial charge in [-0.1, -0.05) is 4.90 Å². The summed E-state index contributed by atoms with van der Waals surface area (Å²) < 4.78 is 26.9. The van der Waals surface area contributed by atoms with Gasteiger partial charge in [0.1, 0.15) is 12.4 Å². The number of rotatable bonds is 3. The first kappa shape index (κ1) is 20.5. The lowest BCUT2D eigenvalue weighted by atomic mass is 9.98. The number of urea groups is 1. The molecule has 1 N–H and O–H groups in total. The van der Waals surface area contributed by atoms with Crippen molar-refractivity contribution in [2.75, 3.05) is 26.0 Å². The van der Waals surface area contributed by atoms with Crippen LogP contribution in [0.4, 0.5) is 14.9 Å². The molecular formula is C22H27FN5O2S-. The van der Waals surface area contributed by atoms with Crippen LogP contribution in [-0.4, -0.2) is 53.3 Å². The van der Waals surface area contributed by atoms with Gasteiger partial charge in [-0.3, -0.25) is 0 Å². The zero-order valence-electron chi connectivity index (χ0n) is 17.9. The monoisotopic (exact) mass is 444 g/mol. The van der Waals surface area contributed by atoms with Crippen LogP contribution >= 0.6 is 0 Å². The van der Waals surface area contributed by atoms with Gasteiger partial charge in [-0.25, -0.2) is 19.7 Å². The Balaban J connectivity index is 1.41. The summed E-state index contributed by atoms with van der Waals surface area (Å²) in [6.07, 6.45) is 6.59. The summed E-state index contributed by atoms with van der Waals surface area (Å²) >= 11 is 0. The number of nitrogens with zero attached hydrogens (tertiary/aromatic N) is 4. The number of halogens is 1. The fourth-order valence-corrected chi connectivity index (χ4v) is 5.73. The molecule has 3 aliphatic rings. The minimum Gasteiger partial charge on any atom is -0.477 e. The van der Waals surface area contributed by atoms with Crippen LogP contribution in [0.3, 0.4) is 0 Å². The van der Waals surface area contributed by atoms with Gasteiger partial charge in [-0.05, 0) is 74.9 Å². The van der Waals surface area contributed by atoms with Gasteiger partial charge >= 0.3 is 6.03 Å². The van der Waals surface area contributed by atoms with Crippen molar-refractivity contribution in [2.45, 2.75) is 56.0 Å². The van der Waals surface area contributed by atoms with Crippen molar-refractivity contribution < 1.29 is 13.9 Å². The van der Waals surface area contributed by atoms with E-state index in [9.17, 15) is 9.18 Å². The zero-order chi connectivity index (χ0) is 21.7. The van der Waals surface area contributed by atoms with E-state index in [0.717, 1.165) is 77.9 Å². The van der Waals surface area contributed by atoms with Crippen molar-refractivity contribution in [2.24, 2.45) is 4.36 Å². The number of carbonyl (C=O) groups excluding carboxylic acids is 1. The molecule has 2 heterocycles. The van der Waals surface area contributed by atoms with Gasteiger partial charge in [-0.2, -0.15) is 5.10 Å². The van der Waals surface area contributed by atoms with Crippen LogP contribution < -0.4 is 10.1 Å². The Bertz CT molecular complexity index is 1110. The molecule has 1 unspecified atom stereocenters. The van der Waals surface area contributed by atoms with Crippen LogP contribution in [0.1, 0.15) is 35.1 Å². The number of anilines is 1. The molecule has 0 spiro atoms. The predicted molar refractivity (Wildman–Crippen MR) is 120 cm³/mol. The van der Waals surface area contributed by atoms with E-state index in [0.29, 0.717) is 12.5 Å². The molecule has 1 atom stereocenters. The zero-order valence-corrected chi connectivity index (χ0v) is 18.7. The fraction of sp³-hybridized carbons (Fsp3) is 0.500. The van der Waals surface area contributed by atoms with Crippen LogP contribution in [-0.2, 0) is 42.5 Å². The molecule has 9 heteroatoms.